The smallest absolute Gasteiger partial charge is 0.206 e. The van der Waals surface area contributed by atoms with Crippen LogP contribution in [0.25, 0.3) is 0 Å². The molecule has 0 saturated carbocycles. The lowest BCUT2D eigenvalue weighted by molar-refractivity contribution is 0.478. The fourth-order valence-electron chi connectivity index (χ4n) is 2.11. The Kier molecular flexibility index (Phi) is 5.08. The Balaban J connectivity index is 1.87. The monoisotopic (exact) mass is 466 g/mol. The van der Waals surface area contributed by atoms with Crippen molar-refractivity contribution < 1.29 is 13.2 Å². The summed E-state index contributed by atoms with van der Waals surface area (Å²) in [5.41, 5.74) is 0. The Morgan fingerprint density at radius 1 is 0.708 bits per heavy atom. The number of rotatable bonds is 4. The van der Waals surface area contributed by atoms with Crippen molar-refractivity contribution in [3.63, 3.8) is 0 Å². The fraction of sp³-hybridized carbons (Fsp3) is 0. The molecule has 0 N–H and O–H groups in total. The van der Waals surface area contributed by atoms with E-state index in [1.165, 1.54) is 0 Å². The number of hydrogen-bond donors (Lipinski definition) is 0. The first-order valence-electron chi connectivity index (χ1n) is 7.00. The van der Waals surface area contributed by atoms with Gasteiger partial charge in [-0.15, -0.1) is 0 Å². The summed E-state index contributed by atoms with van der Waals surface area (Å²) in [6.45, 7) is 0. The van der Waals surface area contributed by atoms with E-state index < -0.39 is 9.84 Å². The van der Waals surface area contributed by atoms with Gasteiger partial charge in [0.25, 0.3) is 0 Å². The van der Waals surface area contributed by atoms with Gasteiger partial charge >= 0.3 is 0 Å². The molecule has 0 atom stereocenters. The van der Waals surface area contributed by atoms with Gasteiger partial charge in [-0.25, -0.2) is 8.42 Å². The lowest BCUT2D eigenvalue weighted by atomic mass is 10.3. The molecule has 6 heteroatoms. The van der Waals surface area contributed by atoms with E-state index in [-0.39, 0.29) is 9.79 Å². The van der Waals surface area contributed by atoms with Gasteiger partial charge in [-0.3, -0.25) is 0 Å². The summed E-state index contributed by atoms with van der Waals surface area (Å²) in [5, 5.41) is 0. The van der Waals surface area contributed by atoms with Crippen LogP contribution in [0.2, 0.25) is 0 Å². The highest BCUT2D eigenvalue weighted by Gasteiger charge is 2.17. The molecule has 3 aromatic rings. The van der Waals surface area contributed by atoms with Gasteiger partial charge in [0.05, 0.1) is 14.3 Å². The number of hydrogen-bond acceptors (Lipinski definition) is 3. The number of benzene rings is 3. The van der Waals surface area contributed by atoms with Crippen LogP contribution in [-0.4, -0.2) is 8.42 Å². The molecule has 0 bridgehead atoms. The summed E-state index contributed by atoms with van der Waals surface area (Å²) in [6.07, 6.45) is 0. The second kappa shape index (κ2) is 7.09. The van der Waals surface area contributed by atoms with Gasteiger partial charge in [0, 0.05) is 4.47 Å². The Hall–Kier alpha value is -1.63. The second-order valence-corrected chi connectivity index (χ2v) is 8.54. The molecule has 0 radical (unpaired) electrons. The molecule has 3 aromatic carbocycles. The van der Waals surface area contributed by atoms with Gasteiger partial charge in [0.1, 0.15) is 11.5 Å². The molecule has 3 rings (SSSR count). The molecule has 24 heavy (non-hydrogen) atoms. The van der Waals surface area contributed by atoms with Gasteiger partial charge in [0.2, 0.25) is 9.84 Å². The Labute approximate surface area is 157 Å². The molecule has 0 aliphatic heterocycles. The van der Waals surface area contributed by atoms with E-state index in [9.17, 15) is 8.42 Å². The van der Waals surface area contributed by atoms with Crippen LogP contribution in [0, 0.1) is 0 Å². The standard InChI is InChI=1S/C18H12Br2O3S/c19-16-7-4-8-17(18(16)20)23-13-9-11-15(12-10-13)24(21,22)14-5-2-1-3-6-14/h1-12H. The molecule has 0 unspecified atom stereocenters. The van der Waals surface area contributed by atoms with Crippen molar-refractivity contribution in [2.24, 2.45) is 0 Å². The molecule has 0 amide bonds. The molecular weight excluding hydrogens is 456 g/mol. The normalized spacial score (nSPS) is 11.2. The van der Waals surface area contributed by atoms with Gasteiger partial charge in [-0.2, -0.15) is 0 Å². The van der Waals surface area contributed by atoms with Crippen LogP contribution >= 0.6 is 31.9 Å². The summed E-state index contributed by atoms with van der Waals surface area (Å²) in [4.78, 5) is 0.503. The first kappa shape index (κ1) is 17.2. The fourth-order valence-corrected chi connectivity index (χ4v) is 4.09. The molecule has 0 fully saturated rings. The molecule has 0 heterocycles. The molecule has 0 aliphatic rings. The zero-order chi connectivity index (χ0) is 17.2. The van der Waals surface area contributed by atoms with E-state index in [4.69, 9.17) is 4.74 Å². The molecular formula is C18H12Br2O3S. The van der Waals surface area contributed by atoms with E-state index >= 15 is 0 Å². The summed E-state index contributed by atoms with van der Waals surface area (Å²) in [7, 11) is -3.52. The van der Waals surface area contributed by atoms with Crippen molar-refractivity contribution in [2.75, 3.05) is 0 Å². The maximum Gasteiger partial charge on any atom is 0.206 e. The zero-order valence-electron chi connectivity index (χ0n) is 12.3. The van der Waals surface area contributed by atoms with Crippen LogP contribution in [0.5, 0.6) is 11.5 Å². The Bertz CT molecular complexity index is 953. The van der Waals surface area contributed by atoms with Gasteiger partial charge in [0.15, 0.2) is 0 Å². The Morgan fingerprint density at radius 2 is 1.33 bits per heavy atom. The lowest BCUT2D eigenvalue weighted by Gasteiger charge is -2.10. The first-order valence-corrected chi connectivity index (χ1v) is 10.1. The number of ether oxygens (including phenoxy) is 1. The van der Waals surface area contributed by atoms with E-state index in [0.29, 0.717) is 11.5 Å². The van der Waals surface area contributed by atoms with Gasteiger partial charge < -0.3 is 4.74 Å². The average Bonchev–Trinajstić information content (AvgIpc) is 2.60. The number of halogens is 2. The molecule has 0 aliphatic carbocycles. The first-order chi connectivity index (χ1) is 11.5. The van der Waals surface area contributed by atoms with Crippen molar-refractivity contribution in [2.45, 2.75) is 9.79 Å². The minimum atomic E-state index is -3.52. The molecule has 122 valence electrons. The van der Waals surface area contributed by atoms with Crippen LogP contribution in [-0.2, 0) is 9.84 Å². The maximum absolute atomic E-state index is 12.5. The van der Waals surface area contributed by atoms with Gasteiger partial charge in [-0.05, 0) is 80.4 Å². The van der Waals surface area contributed by atoms with Crippen LogP contribution in [0.4, 0.5) is 0 Å². The molecule has 0 aromatic heterocycles. The van der Waals surface area contributed by atoms with Crippen LogP contribution in [0.1, 0.15) is 0 Å². The average molecular weight is 468 g/mol. The highest BCUT2D eigenvalue weighted by molar-refractivity contribution is 9.13. The summed E-state index contributed by atoms with van der Waals surface area (Å²) in [6, 6.07) is 20.3. The SMILES string of the molecule is O=S(=O)(c1ccccc1)c1ccc(Oc2cccc(Br)c2Br)cc1. The molecule has 0 spiro atoms. The lowest BCUT2D eigenvalue weighted by Crippen LogP contribution is -2.01. The quantitative estimate of drug-likeness (QED) is 0.484. The largest absolute Gasteiger partial charge is 0.456 e. The van der Waals surface area contributed by atoms with Crippen molar-refractivity contribution in [3.05, 3.63) is 81.7 Å². The third-order valence-electron chi connectivity index (χ3n) is 3.33. The highest BCUT2D eigenvalue weighted by atomic mass is 79.9. The van der Waals surface area contributed by atoms with Crippen molar-refractivity contribution in [1.82, 2.24) is 0 Å². The minimum Gasteiger partial charge on any atom is -0.456 e. The second-order valence-electron chi connectivity index (χ2n) is 4.94. The molecule has 3 nitrogen and oxygen atoms in total. The number of sulfone groups is 1. The van der Waals surface area contributed by atoms with Crippen molar-refractivity contribution >= 4 is 41.7 Å². The van der Waals surface area contributed by atoms with Crippen molar-refractivity contribution in [1.29, 1.82) is 0 Å². The van der Waals surface area contributed by atoms with Crippen LogP contribution in [0.15, 0.2) is 91.5 Å². The predicted octanol–water partition coefficient (Wildman–Crippen LogP) is 5.84. The van der Waals surface area contributed by atoms with E-state index in [0.717, 1.165) is 8.95 Å². The minimum absolute atomic E-state index is 0.231. The highest BCUT2D eigenvalue weighted by Crippen LogP contribution is 2.35. The van der Waals surface area contributed by atoms with E-state index in [1.807, 2.05) is 18.2 Å². The molecule has 0 saturated heterocycles. The summed E-state index contributed by atoms with van der Waals surface area (Å²) < 4.78 is 32.6. The van der Waals surface area contributed by atoms with Crippen molar-refractivity contribution in [3.8, 4) is 11.5 Å². The summed E-state index contributed by atoms with van der Waals surface area (Å²) >= 11 is 6.86. The van der Waals surface area contributed by atoms with E-state index in [1.54, 1.807) is 54.6 Å². The Morgan fingerprint density at radius 3 is 2.00 bits per heavy atom. The third-order valence-corrected chi connectivity index (χ3v) is 7.13. The van der Waals surface area contributed by atoms with Gasteiger partial charge in [-0.1, -0.05) is 24.3 Å². The van der Waals surface area contributed by atoms with E-state index in [2.05, 4.69) is 31.9 Å². The van der Waals surface area contributed by atoms with Crippen LogP contribution < -0.4 is 4.74 Å². The zero-order valence-corrected chi connectivity index (χ0v) is 16.3. The topological polar surface area (TPSA) is 43.4 Å². The van der Waals surface area contributed by atoms with Crippen LogP contribution in [0.3, 0.4) is 0 Å². The maximum atomic E-state index is 12.5. The third kappa shape index (κ3) is 3.55. The summed E-state index contributed by atoms with van der Waals surface area (Å²) in [5.74, 6) is 1.20. The predicted molar refractivity (Wildman–Crippen MR) is 100 cm³/mol.